The minimum Gasteiger partial charge on any atom is -0.392 e. The number of hydrogen-bond acceptors (Lipinski definition) is 2. The van der Waals surface area contributed by atoms with E-state index < -0.39 is 29.3 Å². The first-order valence-corrected chi connectivity index (χ1v) is 6.30. The van der Waals surface area contributed by atoms with E-state index in [0.717, 1.165) is 12.1 Å². The second-order valence-electron chi connectivity index (χ2n) is 3.79. The van der Waals surface area contributed by atoms with E-state index in [2.05, 4.69) is 33.5 Å². The van der Waals surface area contributed by atoms with Crippen LogP contribution in [0.5, 0.6) is 0 Å². The number of carbonyl (C=O) groups excluding carboxylic acids is 1. The Kier molecular flexibility index (Phi) is 4.92. The monoisotopic (exact) mass is 354 g/mol. The van der Waals surface area contributed by atoms with Crippen LogP contribution in [0.1, 0.15) is 22.8 Å². The van der Waals surface area contributed by atoms with Gasteiger partial charge >= 0.3 is 6.18 Å². The molecule has 0 radical (unpaired) electrons. The molecule has 0 spiro atoms. The van der Waals surface area contributed by atoms with Crippen molar-refractivity contribution < 1.29 is 18.0 Å². The van der Waals surface area contributed by atoms with Crippen LogP contribution in [-0.4, -0.2) is 16.9 Å². The molecule has 104 valence electrons. The summed E-state index contributed by atoms with van der Waals surface area (Å²) in [5, 5.41) is 2.31. The van der Waals surface area contributed by atoms with E-state index in [1.54, 1.807) is 0 Å². The van der Waals surface area contributed by atoms with Gasteiger partial charge < -0.3 is 11.1 Å². The maximum absolute atomic E-state index is 12.8. The molecule has 3 nitrogen and oxygen atoms in total. The van der Waals surface area contributed by atoms with E-state index in [1.807, 2.05) is 0 Å². The molecule has 1 aromatic carbocycles. The largest absolute Gasteiger partial charge is 0.417 e. The molecule has 1 unspecified atom stereocenters. The van der Waals surface area contributed by atoms with Crippen LogP contribution in [-0.2, 0) is 6.18 Å². The lowest BCUT2D eigenvalue weighted by Crippen LogP contribution is -2.41. The highest BCUT2D eigenvalue weighted by atomic mass is 79.9. The highest BCUT2D eigenvalue weighted by molar-refractivity contribution is 9.10. The maximum Gasteiger partial charge on any atom is 0.417 e. The van der Waals surface area contributed by atoms with Gasteiger partial charge in [0, 0.05) is 4.47 Å². The Labute approximate surface area is 121 Å². The average molecular weight is 355 g/mol. The second kappa shape index (κ2) is 5.87. The number of nitrogens with two attached hydrogens (primary N) is 1. The average Bonchev–Trinajstić information content (AvgIpc) is 2.27. The number of thiocarbonyl (C=S) groups is 1. The number of carbonyl (C=O) groups is 1. The molecule has 1 aromatic rings. The molecule has 1 atom stereocenters. The molecule has 3 N–H and O–H groups in total. The van der Waals surface area contributed by atoms with Gasteiger partial charge in [-0.3, -0.25) is 4.79 Å². The number of amides is 1. The van der Waals surface area contributed by atoms with Gasteiger partial charge in [-0.2, -0.15) is 13.2 Å². The molecule has 0 aromatic heterocycles. The van der Waals surface area contributed by atoms with E-state index in [9.17, 15) is 18.0 Å². The lowest BCUT2D eigenvalue weighted by molar-refractivity contribution is -0.138. The van der Waals surface area contributed by atoms with Crippen molar-refractivity contribution in [1.29, 1.82) is 0 Å². The number of rotatable bonds is 3. The van der Waals surface area contributed by atoms with E-state index in [0.29, 0.717) is 0 Å². The normalized spacial score (nSPS) is 12.9. The molecule has 0 bridgehead atoms. The van der Waals surface area contributed by atoms with Gasteiger partial charge in [-0.25, -0.2) is 0 Å². The number of alkyl halides is 3. The molecule has 19 heavy (non-hydrogen) atoms. The van der Waals surface area contributed by atoms with Gasteiger partial charge in [-0.15, -0.1) is 0 Å². The van der Waals surface area contributed by atoms with Crippen LogP contribution in [0.3, 0.4) is 0 Å². The Balaban J connectivity index is 3.13. The molecule has 1 amide bonds. The Morgan fingerprint density at radius 2 is 2.05 bits per heavy atom. The molecule has 0 saturated heterocycles. The van der Waals surface area contributed by atoms with E-state index in [1.165, 1.54) is 13.0 Å². The lowest BCUT2D eigenvalue weighted by Gasteiger charge is -2.16. The molecule has 0 aliphatic carbocycles. The van der Waals surface area contributed by atoms with Gasteiger partial charge in [-0.1, -0.05) is 28.1 Å². The predicted octanol–water partition coefficient (Wildman–Crippen LogP) is 2.87. The van der Waals surface area contributed by atoms with E-state index in [-0.39, 0.29) is 9.46 Å². The third-order valence-electron chi connectivity index (χ3n) is 2.31. The summed E-state index contributed by atoms with van der Waals surface area (Å²) < 4.78 is 38.7. The van der Waals surface area contributed by atoms with Gasteiger partial charge in [0.2, 0.25) is 0 Å². The van der Waals surface area contributed by atoms with E-state index in [4.69, 9.17) is 5.73 Å². The van der Waals surface area contributed by atoms with Crippen LogP contribution in [0.15, 0.2) is 22.7 Å². The van der Waals surface area contributed by atoms with Gasteiger partial charge in [0.1, 0.15) is 0 Å². The van der Waals surface area contributed by atoms with Crippen molar-refractivity contribution >= 4 is 39.0 Å². The lowest BCUT2D eigenvalue weighted by atomic mass is 10.1. The Morgan fingerprint density at radius 3 is 2.53 bits per heavy atom. The van der Waals surface area contributed by atoms with Crippen LogP contribution < -0.4 is 11.1 Å². The Hall–Kier alpha value is -1.15. The number of hydrogen-bond donors (Lipinski definition) is 2. The fraction of sp³-hybridized carbons (Fsp3) is 0.273. The fourth-order valence-electron chi connectivity index (χ4n) is 1.29. The minimum atomic E-state index is -4.62. The zero-order chi connectivity index (χ0) is 14.8. The first-order valence-electron chi connectivity index (χ1n) is 5.10. The number of halogens is 4. The highest BCUT2D eigenvalue weighted by Gasteiger charge is 2.35. The molecule has 0 fully saturated rings. The Morgan fingerprint density at radius 1 is 1.47 bits per heavy atom. The first kappa shape index (κ1) is 15.9. The zero-order valence-electron chi connectivity index (χ0n) is 9.72. The van der Waals surface area contributed by atoms with Crippen molar-refractivity contribution in [3.8, 4) is 0 Å². The van der Waals surface area contributed by atoms with Gasteiger partial charge in [0.25, 0.3) is 5.91 Å². The van der Waals surface area contributed by atoms with Crippen molar-refractivity contribution in [1.82, 2.24) is 5.32 Å². The topological polar surface area (TPSA) is 55.1 Å². The van der Waals surface area contributed by atoms with Crippen molar-refractivity contribution in [3.63, 3.8) is 0 Å². The predicted molar refractivity (Wildman–Crippen MR) is 72.9 cm³/mol. The highest BCUT2D eigenvalue weighted by Crippen LogP contribution is 2.33. The number of nitrogens with one attached hydrogen (secondary N) is 1. The van der Waals surface area contributed by atoms with Crippen LogP contribution in [0.2, 0.25) is 0 Å². The molecular weight excluding hydrogens is 345 g/mol. The summed E-state index contributed by atoms with van der Waals surface area (Å²) in [7, 11) is 0. The van der Waals surface area contributed by atoms with Crippen molar-refractivity contribution in [3.05, 3.63) is 33.8 Å². The molecule has 8 heteroatoms. The third-order valence-corrected chi connectivity index (χ3v) is 3.15. The third kappa shape index (κ3) is 4.17. The van der Waals surface area contributed by atoms with Crippen LogP contribution in [0, 0.1) is 0 Å². The fourth-order valence-corrected chi connectivity index (χ4v) is 1.71. The second-order valence-corrected chi connectivity index (χ2v) is 5.17. The molecular formula is C11H10BrF3N2OS. The smallest absolute Gasteiger partial charge is 0.392 e. The van der Waals surface area contributed by atoms with Crippen LogP contribution in [0.4, 0.5) is 13.2 Å². The van der Waals surface area contributed by atoms with Gasteiger partial charge in [-0.05, 0) is 25.1 Å². The maximum atomic E-state index is 12.8. The summed E-state index contributed by atoms with van der Waals surface area (Å²) in [6.45, 7) is 1.49. The summed E-state index contributed by atoms with van der Waals surface area (Å²) in [5.74, 6) is -0.875. The minimum absolute atomic E-state index is 0.000907. The standard InChI is InChI=1S/C11H10BrF3N2OS/c1-5(9(16)19)17-10(18)7-3-2-6(12)4-8(7)11(13,14)15/h2-5H,1H3,(H2,16,19)(H,17,18). The molecule has 0 heterocycles. The molecule has 1 rings (SSSR count). The van der Waals surface area contributed by atoms with Gasteiger partial charge in [0.05, 0.1) is 22.2 Å². The van der Waals surface area contributed by atoms with E-state index >= 15 is 0 Å². The first-order chi connectivity index (χ1) is 8.62. The van der Waals surface area contributed by atoms with Crippen molar-refractivity contribution in [2.75, 3.05) is 0 Å². The quantitative estimate of drug-likeness (QED) is 0.820. The van der Waals surface area contributed by atoms with Crippen molar-refractivity contribution in [2.45, 2.75) is 19.1 Å². The van der Waals surface area contributed by atoms with Crippen LogP contribution in [0.25, 0.3) is 0 Å². The molecule has 0 saturated carbocycles. The molecule has 0 aliphatic rings. The van der Waals surface area contributed by atoms with Gasteiger partial charge in [0.15, 0.2) is 0 Å². The summed E-state index contributed by atoms with van der Waals surface area (Å²) in [6, 6.07) is 2.61. The SMILES string of the molecule is CC(NC(=O)c1ccc(Br)cc1C(F)(F)F)C(N)=S. The Bertz CT molecular complexity index is 519. The summed E-state index contributed by atoms with van der Waals surface area (Å²) >= 11 is 7.59. The van der Waals surface area contributed by atoms with Crippen LogP contribution >= 0.6 is 28.1 Å². The summed E-state index contributed by atoms with van der Waals surface area (Å²) in [6.07, 6.45) is -4.62. The zero-order valence-corrected chi connectivity index (χ0v) is 12.1. The molecule has 0 aliphatic heterocycles. The summed E-state index contributed by atoms with van der Waals surface area (Å²) in [5.41, 5.74) is 3.80. The van der Waals surface area contributed by atoms with Crippen molar-refractivity contribution in [2.24, 2.45) is 5.73 Å². The number of benzene rings is 1. The summed E-state index contributed by atoms with van der Waals surface area (Å²) in [4.78, 5) is 11.8.